The van der Waals surface area contributed by atoms with Crippen molar-refractivity contribution >= 4 is 17.6 Å². The Morgan fingerprint density at radius 1 is 1.15 bits per heavy atom. The molecule has 6 rings (SSSR count). The fraction of sp³-hybridized carbons (Fsp3) is 0.357. The van der Waals surface area contributed by atoms with E-state index in [-0.39, 0.29) is 35.5 Å². The lowest BCUT2D eigenvalue weighted by Crippen LogP contribution is -2.45. The largest absolute Gasteiger partial charge is 0.481 e. The Labute approximate surface area is 222 Å². The Morgan fingerprint density at radius 3 is 2.51 bits per heavy atom. The number of halogens is 3. The van der Waals surface area contributed by atoms with E-state index in [9.17, 15) is 18.7 Å². The van der Waals surface area contributed by atoms with Gasteiger partial charge in [-0.3, -0.25) is 4.79 Å². The number of alkyl halides is 2. The van der Waals surface area contributed by atoms with Gasteiger partial charge in [0.1, 0.15) is 17.2 Å². The molecule has 1 saturated carbocycles. The standard InChI is InChI=1S/C28H26F3N5O3/c1-15-22(8-16-4-2-3-5-23(16)39-27(30)31)36-14-20(21(29)9-24(36)34-15)19-10-32-28(33-11-19)35-12-17-6-7-18(13-35)25(17)26(37)38/h2-5,9-11,14,17-18,25,27H,6-8,12-13H2,1H3,(H,37,38). The smallest absolute Gasteiger partial charge is 0.387 e. The molecule has 1 N–H and O–H groups in total. The van der Waals surface area contributed by atoms with Gasteiger partial charge in [-0.25, -0.2) is 19.3 Å². The van der Waals surface area contributed by atoms with E-state index < -0.39 is 18.4 Å². The molecule has 0 radical (unpaired) electrons. The van der Waals surface area contributed by atoms with Gasteiger partial charge in [-0.15, -0.1) is 0 Å². The molecule has 4 aromatic rings. The van der Waals surface area contributed by atoms with Crippen molar-refractivity contribution < 1.29 is 27.8 Å². The topological polar surface area (TPSA) is 92.9 Å². The van der Waals surface area contributed by atoms with E-state index in [0.717, 1.165) is 12.8 Å². The van der Waals surface area contributed by atoms with E-state index in [1.54, 1.807) is 48.1 Å². The van der Waals surface area contributed by atoms with E-state index in [1.165, 1.54) is 12.1 Å². The number of fused-ring (bicyclic) bond motifs is 3. The lowest BCUT2D eigenvalue weighted by atomic mass is 9.85. The molecule has 1 aliphatic carbocycles. The molecule has 2 atom stereocenters. The molecule has 202 valence electrons. The summed E-state index contributed by atoms with van der Waals surface area (Å²) < 4.78 is 47.4. The maximum Gasteiger partial charge on any atom is 0.387 e. The van der Waals surface area contributed by atoms with E-state index >= 15 is 4.39 Å². The van der Waals surface area contributed by atoms with Crippen LogP contribution in [0.1, 0.15) is 29.8 Å². The van der Waals surface area contributed by atoms with Crippen LogP contribution in [-0.4, -0.2) is 50.1 Å². The minimum atomic E-state index is -2.95. The van der Waals surface area contributed by atoms with Crippen LogP contribution in [0.15, 0.2) is 48.9 Å². The number of aromatic nitrogens is 4. The summed E-state index contributed by atoms with van der Waals surface area (Å²) in [5, 5.41) is 9.56. The lowest BCUT2D eigenvalue weighted by molar-refractivity contribution is -0.144. The van der Waals surface area contributed by atoms with E-state index in [4.69, 9.17) is 0 Å². The van der Waals surface area contributed by atoms with Gasteiger partial charge in [-0.05, 0) is 37.7 Å². The number of anilines is 1. The zero-order valence-corrected chi connectivity index (χ0v) is 21.1. The molecule has 8 nitrogen and oxygen atoms in total. The Balaban J connectivity index is 1.29. The molecule has 1 saturated heterocycles. The van der Waals surface area contributed by atoms with Crippen molar-refractivity contribution in [2.45, 2.75) is 32.8 Å². The lowest BCUT2D eigenvalue weighted by Gasteiger charge is -2.35. The Morgan fingerprint density at radius 2 is 1.85 bits per heavy atom. The summed E-state index contributed by atoms with van der Waals surface area (Å²) >= 11 is 0. The molecule has 2 bridgehead atoms. The number of ether oxygens (including phenoxy) is 1. The minimum Gasteiger partial charge on any atom is -0.481 e. The number of pyridine rings is 1. The second-order valence-corrected chi connectivity index (χ2v) is 10.2. The molecule has 39 heavy (non-hydrogen) atoms. The second kappa shape index (κ2) is 9.87. The molecule has 3 aromatic heterocycles. The third kappa shape index (κ3) is 4.66. The summed E-state index contributed by atoms with van der Waals surface area (Å²) in [5.41, 5.74) is 3.05. The summed E-state index contributed by atoms with van der Waals surface area (Å²) in [7, 11) is 0. The highest BCUT2D eigenvalue weighted by molar-refractivity contribution is 5.72. The van der Waals surface area contributed by atoms with Crippen LogP contribution in [0.2, 0.25) is 0 Å². The third-order valence-electron chi connectivity index (χ3n) is 7.91. The Hall–Kier alpha value is -4.15. The number of piperidine rings is 1. The maximum atomic E-state index is 15.2. The number of rotatable bonds is 7. The maximum absolute atomic E-state index is 15.2. The number of imidazole rings is 1. The zero-order chi connectivity index (χ0) is 27.3. The first kappa shape index (κ1) is 25.1. The van der Waals surface area contributed by atoms with Crippen LogP contribution in [0.3, 0.4) is 0 Å². The molecule has 11 heteroatoms. The fourth-order valence-electron chi connectivity index (χ4n) is 6.11. The van der Waals surface area contributed by atoms with Crippen LogP contribution < -0.4 is 9.64 Å². The van der Waals surface area contributed by atoms with Gasteiger partial charge in [0, 0.05) is 66.6 Å². The summed E-state index contributed by atoms with van der Waals surface area (Å²) in [5.74, 6) is -0.819. The number of carbonyl (C=O) groups is 1. The number of aryl methyl sites for hydroxylation is 1. The van der Waals surface area contributed by atoms with Crippen LogP contribution in [-0.2, 0) is 11.2 Å². The number of nitrogens with zero attached hydrogens (tertiary/aromatic N) is 5. The third-order valence-corrected chi connectivity index (χ3v) is 7.91. The number of carboxylic acids is 1. The van der Waals surface area contributed by atoms with Gasteiger partial charge in [0.15, 0.2) is 0 Å². The highest BCUT2D eigenvalue weighted by Crippen LogP contribution is 2.42. The van der Waals surface area contributed by atoms with Gasteiger partial charge in [0.2, 0.25) is 5.95 Å². The number of carboxylic acid groups (broad SMARTS) is 1. The number of hydrogen-bond donors (Lipinski definition) is 1. The molecular formula is C28H26F3N5O3. The predicted molar refractivity (Wildman–Crippen MR) is 136 cm³/mol. The number of benzene rings is 1. The SMILES string of the molecule is Cc1nc2cc(F)c(-c3cnc(N4CC5CCC(C4)C5C(=O)O)nc3)cn2c1Cc1ccccc1OC(F)F. The van der Waals surface area contributed by atoms with Crippen molar-refractivity contribution in [3.05, 3.63) is 71.7 Å². The van der Waals surface area contributed by atoms with Crippen molar-refractivity contribution in [3.8, 4) is 16.9 Å². The van der Waals surface area contributed by atoms with E-state index in [1.807, 2.05) is 4.90 Å². The summed E-state index contributed by atoms with van der Waals surface area (Å²) in [6.07, 6.45) is 6.76. The van der Waals surface area contributed by atoms with Crippen molar-refractivity contribution in [1.29, 1.82) is 0 Å². The molecule has 2 fully saturated rings. The average Bonchev–Trinajstić information content (AvgIpc) is 3.35. The minimum absolute atomic E-state index is 0.0727. The van der Waals surface area contributed by atoms with E-state index in [0.29, 0.717) is 47.2 Å². The average molecular weight is 538 g/mol. The van der Waals surface area contributed by atoms with Gasteiger partial charge in [-0.1, -0.05) is 18.2 Å². The van der Waals surface area contributed by atoms with Gasteiger partial charge in [-0.2, -0.15) is 8.78 Å². The first-order chi connectivity index (χ1) is 18.8. The van der Waals surface area contributed by atoms with Crippen molar-refractivity contribution in [3.63, 3.8) is 0 Å². The summed E-state index contributed by atoms with van der Waals surface area (Å²) in [6.45, 7) is 0.00911. The van der Waals surface area contributed by atoms with E-state index in [2.05, 4.69) is 19.7 Å². The predicted octanol–water partition coefficient (Wildman–Crippen LogP) is 4.98. The molecule has 1 aromatic carbocycles. The second-order valence-electron chi connectivity index (χ2n) is 10.2. The first-order valence-electron chi connectivity index (χ1n) is 12.8. The number of aliphatic carboxylic acids is 1. The fourth-order valence-corrected chi connectivity index (χ4v) is 6.11. The van der Waals surface area contributed by atoms with Gasteiger partial charge in [0.25, 0.3) is 0 Å². The molecule has 4 heterocycles. The first-order valence-corrected chi connectivity index (χ1v) is 12.8. The monoisotopic (exact) mass is 537 g/mol. The van der Waals surface area contributed by atoms with Crippen LogP contribution in [0.25, 0.3) is 16.8 Å². The van der Waals surface area contributed by atoms with Gasteiger partial charge in [0.05, 0.1) is 11.6 Å². The number of para-hydroxylation sites is 1. The summed E-state index contributed by atoms with van der Waals surface area (Å²) in [4.78, 5) is 27.1. The molecule has 2 unspecified atom stereocenters. The zero-order valence-electron chi connectivity index (χ0n) is 21.1. The van der Waals surface area contributed by atoms with Crippen LogP contribution in [0, 0.1) is 30.5 Å². The van der Waals surface area contributed by atoms with Crippen molar-refractivity contribution in [2.24, 2.45) is 17.8 Å². The summed E-state index contributed by atoms with van der Waals surface area (Å²) in [6, 6.07) is 7.89. The Bertz CT molecular complexity index is 1530. The van der Waals surface area contributed by atoms with Gasteiger partial charge >= 0.3 is 12.6 Å². The normalized spacial score (nSPS) is 20.6. The quantitative estimate of drug-likeness (QED) is 0.356. The van der Waals surface area contributed by atoms with Crippen LogP contribution in [0.5, 0.6) is 5.75 Å². The van der Waals surface area contributed by atoms with Crippen molar-refractivity contribution in [2.75, 3.05) is 18.0 Å². The Kier molecular flexibility index (Phi) is 6.36. The van der Waals surface area contributed by atoms with Crippen molar-refractivity contribution in [1.82, 2.24) is 19.4 Å². The highest BCUT2D eigenvalue weighted by atomic mass is 19.3. The molecular weight excluding hydrogens is 511 g/mol. The molecule has 1 aliphatic heterocycles. The highest BCUT2D eigenvalue weighted by Gasteiger charge is 2.46. The number of hydrogen-bond acceptors (Lipinski definition) is 6. The van der Waals surface area contributed by atoms with Crippen LogP contribution in [0.4, 0.5) is 19.1 Å². The molecule has 0 spiro atoms. The van der Waals surface area contributed by atoms with Gasteiger partial charge < -0.3 is 19.1 Å². The van der Waals surface area contributed by atoms with Crippen LogP contribution >= 0.6 is 0 Å². The molecule has 2 aliphatic rings. The molecule has 0 amide bonds.